The van der Waals surface area contributed by atoms with Crippen molar-refractivity contribution in [1.82, 2.24) is 0 Å². The van der Waals surface area contributed by atoms with Gasteiger partial charge in [-0.05, 0) is 36.4 Å². The number of halogens is 4. The van der Waals surface area contributed by atoms with Crippen LogP contribution in [0.25, 0.3) is 0 Å². The fourth-order valence-electron chi connectivity index (χ4n) is 1.80. The van der Waals surface area contributed by atoms with Gasteiger partial charge in [0, 0.05) is 10.0 Å². The van der Waals surface area contributed by atoms with E-state index >= 15 is 0 Å². The topological polar surface area (TPSA) is 69.7 Å². The van der Waals surface area contributed by atoms with Crippen molar-refractivity contribution in [2.45, 2.75) is 0 Å². The number of Topliss-reactive ketones (excluding diaryl/α,β-unsaturated/α-hetero) is 1. The molecule has 9 heteroatoms. The molecule has 0 aromatic heterocycles. The summed E-state index contributed by atoms with van der Waals surface area (Å²) in [7, 11) is 0. The van der Waals surface area contributed by atoms with Gasteiger partial charge in [-0.1, -0.05) is 46.4 Å². The van der Waals surface area contributed by atoms with Crippen molar-refractivity contribution in [3.8, 4) is 0 Å². The van der Waals surface area contributed by atoms with Gasteiger partial charge in [0.15, 0.2) is 13.2 Å². The number of carbonyl (C=O) groups excluding carboxylic acids is 3. The summed E-state index contributed by atoms with van der Waals surface area (Å²) in [4.78, 5) is 35.5. The SMILES string of the molecule is O=C(COC(=O)c1ccc(Cl)cc1Cl)COC(=O)c1ccc(Cl)cc1Cl. The summed E-state index contributed by atoms with van der Waals surface area (Å²) in [6.45, 7) is -1.17. The normalized spacial score (nSPS) is 10.3. The zero-order valence-corrected chi connectivity index (χ0v) is 16.0. The molecule has 2 aromatic carbocycles. The van der Waals surface area contributed by atoms with Crippen LogP contribution in [0.5, 0.6) is 0 Å². The third-order valence-corrected chi connectivity index (χ3v) is 4.13. The number of carbonyl (C=O) groups is 3. The van der Waals surface area contributed by atoms with Gasteiger partial charge in [0.05, 0.1) is 21.2 Å². The Morgan fingerprint density at radius 1 is 0.692 bits per heavy atom. The number of benzene rings is 2. The summed E-state index contributed by atoms with van der Waals surface area (Å²) < 4.78 is 9.67. The number of ketones is 1. The Bertz CT molecular complexity index is 797. The fourth-order valence-corrected chi connectivity index (χ4v) is 2.77. The number of hydrogen-bond acceptors (Lipinski definition) is 5. The molecule has 0 aliphatic carbocycles. The minimum atomic E-state index is -0.799. The van der Waals surface area contributed by atoms with Crippen molar-refractivity contribution in [2.75, 3.05) is 13.2 Å². The Morgan fingerprint density at radius 3 is 1.42 bits per heavy atom. The first-order valence-corrected chi connectivity index (χ1v) is 8.55. The number of hydrogen-bond donors (Lipinski definition) is 0. The van der Waals surface area contributed by atoms with Gasteiger partial charge in [0.25, 0.3) is 0 Å². The fraction of sp³-hybridized carbons (Fsp3) is 0.118. The summed E-state index contributed by atoms with van der Waals surface area (Å²) >= 11 is 23.2. The lowest BCUT2D eigenvalue weighted by Gasteiger charge is -2.08. The Balaban J connectivity index is 1.85. The molecule has 0 fully saturated rings. The standard InChI is InChI=1S/C17H10Cl4O5/c18-9-1-3-12(14(20)5-9)16(23)25-7-11(22)8-26-17(24)13-4-2-10(19)6-15(13)21/h1-6H,7-8H2. The lowest BCUT2D eigenvalue weighted by atomic mass is 10.2. The van der Waals surface area contributed by atoms with E-state index in [1.165, 1.54) is 36.4 Å². The quantitative estimate of drug-likeness (QED) is 0.604. The summed E-state index contributed by atoms with van der Waals surface area (Å²) in [6.07, 6.45) is 0. The van der Waals surface area contributed by atoms with Crippen LogP contribution in [-0.4, -0.2) is 30.9 Å². The van der Waals surface area contributed by atoms with E-state index in [-0.39, 0.29) is 21.2 Å². The van der Waals surface area contributed by atoms with Crippen molar-refractivity contribution in [3.05, 3.63) is 67.6 Å². The number of ether oxygens (including phenoxy) is 2. The molecule has 2 rings (SSSR count). The molecule has 0 amide bonds. The van der Waals surface area contributed by atoms with E-state index in [4.69, 9.17) is 55.9 Å². The molecule has 0 spiro atoms. The summed E-state index contributed by atoms with van der Waals surface area (Å²) in [5.74, 6) is -2.22. The smallest absolute Gasteiger partial charge is 0.340 e. The summed E-state index contributed by atoms with van der Waals surface area (Å²) in [6, 6.07) is 8.42. The Morgan fingerprint density at radius 2 is 1.08 bits per heavy atom. The summed E-state index contributed by atoms with van der Waals surface area (Å²) in [5, 5.41) is 0.906. The third kappa shape index (κ3) is 5.61. The van der Waals surface area contributed by atoms with E-state index in [1.807, 2.05) is 0 Å². The monoisotopic (exact) mass is 434 g/mol. The molecule has 26 heavy (non-hydrogen) atoms. The Kier molecular flexibility index (Phi) is 7.29. The summed E-state index contributed by atoms with van der Waals surface area (Å²) in [5.41, 5.74) is 0.127. The third-order valence-electron chi connectivity index (χ3n) is 3.03. The molecule has 2 aromatic rings. The van der Waals surface area contributed by atoms with Crippen molar-refractivity contribution >= 4 is 64.1 Å². The van der Waals surface area contributed by atoms with Crippen LogP contribution in [0, 0.1) is 0 Å². The first-order valence-electron chi connectivity index (χ1n) is 7.04. The molecule has 0 saturated heterocycles. The molecule has 0 atom stereocenters. The molecule has 0 saturated carbocycles. The van der Waals surface area contributed by atoms with Gasteiger partial charge in [-0.3, -0.25) is 4.79 Å². The van der Waals surface area contributed by atoms with Gasteiger partial charge in [-0.25, -0.2) is 9.59 Å². The minimum absolute atomic E-state index is 0.0637. The molecular formula is C17H10Cl4O5. The van der Waals surface area contributed by atoms with E-state index in [9.17, 15) is 14.4 Å². The average Bonchev–Trinajstić information content (AvgIpc) is 2.57. The van der Waals surface area contributed by atoms with Gasteiger partial charge in [0.2, 0.25) is 5.78 Å². The second-order valence-electron chi connectivity index (χ2n) is 4.94. The molecule has 0 N–H and O–H groups in total. The van der Waals surface area contributed by atoms with Gasteiger partial charge in [-0.2, -0.15) is 0 Å². The molecule has 0 heterocycles. The van der Waals surface area contributed by atoms with Gasteiger partial charge in [0.1, 0.15) is 0 Å². The second-order valence-corrected chi connectivity index (χ2v) is 6.63. The molecule has 136 valence electrons. The van der Waals surface area contributed by atoms with Crippen LogP contribution in [-0.2, 0) is 14.3 Å². The van der Waals surface area contributed by atoms with E-state index in [1.54, 1.807) is 0 Å². The van der Waals surface area contributed by atoms with Crippen LogP contribution in [0.4, 0.5) is 0 Å². The largest absolute Gasteiger partial charge is 0.454 e. The average molecular weight is 436 g/mol. The lowest BCUT2D eigenvalue weighted by molar-refractivity contribution is -0.125. The molecule has 0 bridgehead atoms. The minimum Gasteiger partial charge on any atom is -0.454 e. The van der Waals surface area contributed by atoms with Crippen LogP contribution in [0.1, 0.15) is 20.7 Å². The zero-order valence-electron chi connectivity index (χ0n) is 12.9. The molecule has 0 unspecified atom stereocenters. The highest BCUT2D eigenvalue weighted by molar-refractivity contribution is 6.37. The van der Waals surface area contributed by atoms with Gasteiger partial charge >= 0.3 is 11.9 Å². The predicted octanol–water partition coefficient (Wildman–Crippen LogP) is 4.88. The molecule has 0 aliphatic heterocycles. The van der Waals surface area contributed by atoms with E-state index < -0.39 is 30.9 Å². The number of esters is 2. The Hall–Kier alpha value is -1.79. The maximum absolute atomic E-state index is 11.9. The second kappa shape index (κ2) is 9.24. The van der Waals surface area contributed by atoms with Crippen LogP contribution in [0.15, 0.2) is 36.4 Å². The van der Waals surface area contributed by atoms with Crippen LogP contribution >= 0.6 is 46.4 Å². The molecular weight excluding hydrogens is 426 g/mol. The Labute approximate surface area is 168 Å². The van der Waals surface area contributed by atoms with Crippen molar-refractivity contribution in [1.29, 1.82) is 0 Å². The van der Waals surface area contributed by atoms with Gasteiger partial charge < -0.3 is 9.47 Å². The van der Waals surface area contributed by atoms with E-state index in [0.717, 1.165) is 0 Å². The van der Waals surface area contributed by atoms with Gasteiger partial charge in [-0.15, -0.1) is 0 Å². The van der Waals surface area contributed by atoms with E-state index in [0.29, 0.717) is 10.0 Å². The predicted molar refractivity (Wildman–Crippen MR) is 98.5 cm³/mol. The highest BCUT2D eigenvalue weighted by atomic mass is 35.5. The highest BCUT2D eigenvalue weighted by Crippen LogP contribution is 2.22. The highest BCUT2D eigenvalue weighted by Gasteiger charge is 2.17. The number of rotatable bonds is 6. The van der Waals surface area contributed by atoms with Crippen molar-refractivity contribution < 1.29 is 23.9 Å². The van der Waals surface area contributed by atoms with Crippen LogP contribution in [0.2, 0.25) is 20.1 Å². The lowest BCUT2D eigenvalue weighted by Crippen LogP contribution is -2.21. The maximum atomic E-state index is 11.9. The molecule has 0 radical (unpaired) electrons. The first-order chi connectivity index (χ1) is 12.3. The van der Waals surface area contributed by atoms with Crippen LogP contribution < -0.4 is 0 Å². The van der Waals surface area contributed by atoms with Crippen molar-refractivity contribution in [2.24, 2.45) is 0 Å². The van der Waals surface area contributed by atoms with E-state index in [2.05, 4.69) is 0 Å². The zero-order chi connectivity index (χ0) is 19.3. The molecule has 0 aliphatic rings. The van der Waals surface area contributed by atoms with Crippen LogP contribution in [0.3, 0.4) is 0 Å². The molecule has 5 nitrogen and oxygen atoms in total. The maximum Gasteiger partial charge on any atom is 0.340 e. The first kappa shape index (κ1) is 20.5. The van der Waals surface area contributed by atoms with Crippen molar-refractivity contribution in [3.63, 3.8) is 0 Å².